The van der Waals surface area contributed by atoms with E-state index in [2.05, 4.69) is 5.32 Å². The summed E-state index contributed by atoms with van der Waals surface area (Å²) in [5.41, 5.74) is 0.779. The normalized spacial score (nSPS) is 22.2. The number of ether oxygens (including phenoxy) is 1. The van der Waals surface area contributed by atoms with Crippen LogP contribution in [0.5, 0.6) is 5.75 Å². The van der Waals surface area contributed by atoms with Gasteiger partial charge in [-0.2, -0.15) is 0 Å². The van der Waals surface area contributed by atoms with E-state index in [1.54, 1.807) is 19.2 Å². The fourth-order valence-electron chi connectivity index (χ4n) is 2.60. The Morgan fingerprint density at radius 2 is 2.26 bits per heavy atom. The van der Waals surface area contributed by atoms with E-state index in [1.807, 2.05) is 0 Å². The zero-order valence-electron chi connectivity index (χ0n) is 10.9. The molecule has 0 bridgehead atoms. The summed E-state index contributed by atoms with van der Waals surface area (Å²) in [6.45, 7) is 0.129. The Balaban J connectivity index is 2.24. The Kier molecular flexibility index (Phi) is 4.27. The van der Waals surface area contributed by atoms with Gasteiger partial charge < -0.3 is 20.3 Å². The number of aromatic carboxylic acids is 1. The molecule has 5 nitrogen and oxygen atoms in total. The van der Waals surface area contributed by atoms with E-state index in [4.69, 9.17) is 4.74 Å². The highest BCUT2D eigenvalue weighted by Crippen LogP contribution is 2.31. The number of aliphatic hydroxyl groups excluding tert-OH is 1. The topological polar surface area (TPSA) is 78.8 Å². The molecular weight excluding hydrogens is 246 g/mol. The molecule has 5 heteroatoms. The maximum atomic E-state index is 11.2. The fraction of sp³-hybridized carbons (Fsp3) is 0.500. The number of carbonyl (C=O) groups is 1. The minimum Gasteiger partial charge on any atom is -0.497 e. The second-order valence-electron chi connectivity index (χ2n) is 4.84. The zero-order valence-corrected chi connectivity index (χ0v) is 10.9. The second-order valence-corrected chi connectivity index (χ2v) is 4.84. The van der Waals surface area contributed by atoms with E-state index in [-0.39, 0.29) is 24.1 Å². The molecule has 1 saturated carbocycles. The first-order valence-electron chi connectivity index (χ1n) is 6.44. The molecule has 104 valence electrons. The van der Waals surface area contributed by atoms with Gasteiger partial charge in [-0.15, -0.1) is 0 Å². The summed E-state index contributed by atoms with van der Waals surface area (Å²) in [4.78, 5) is 11.2. The lowest BCUT2D eigenvalue weighted by Crippen LogP contribution is -2.27. The number of anilines is 1. The van der Waals surface area contributed by atoms with Crippen LogP contribution in [0.25, 0.3) is 0 Å². The summed E-state index contributed by atoms with van der Waals surface area (Å²) in [7, 11) is 1.55. The molecule has 1 fully saturated rings. The first-order valence-corrected chi connectivity index (χ1v) is 6.44. The van der Waals surface area contributed by atoms with Gasteiger partial charge in [0.1, 0.15) is 5.75 Å². The van der Waals surface area contributed by atoms with Gasteiger partial charge in [-0.05, 0) is 25.0 Å². The number of methoxy groups -OCH3 is 1. The van der Waals surface area contributed by atoms with Crippen LogP contribution in [0.4, 0.5) is 5.69 Å². The highest BCUT2D eigenvalue weighted by Gasteiger charge is 2.27. The van der Waals surface area contributed by atoms with Crippen LogP contribution in [0.2, 0.25) is 0 Å². The number of carboxylic acid groups (broad SMARTS) is 1. The van der Waals surface area contributed by atoms with Crippen LogP contribution >= 0.6 is 0 Å². The average molecular weight is 265 g/mol. The Morgan fingerprint density at radius 1 is 1.47 bits per heavy atom. The Labute approximate surface area is 112 Å². The SMILES string of the molecule is COc1ccc(C(=O)O)c(NC2CCCC2CO)c1. The summed E-state index contributed by atoms with van der Waals surface area (Å²) in [6.07, 6.45) is 2.97. The Hall–Kier alpha value is -1.75. The van der Waals surface area contributed by atoms with Crippen LogP contribution in [0, 0.1) is 5.92 Å². The lowest BCUT2D eigenvalue weighted by Gasteiger charge is -2.21. The molecule has 0 spiro atoms. The van der Waals surface area contributed by atoms with Crippen LogP contribution in [0.3, 0.4) is 0 Å². The van der Waals surface area contributed by atoms with Crippen LogP contribution in [0.15, 0.2) is 18.2 Å². The summed E-state index contributed by atoms with van der Waals surface area (Å²) in [6, 6.07) is 4.98. The van der Waals surface area contributed by atoms with Crippen molar-refractivity contribution in [1.82, 2.24) is 0 Å². The molecule has 2 rings (SSSR count). The number of aliphatic hydroxyl groups is 1. The largest absolute Gasteiger partial charge is 0.497 e. The molecule has 3 N–H and O–H groups in total. The molecule has 0 radical (unpaired) electrons. The third kappa shape index (κ3) is 2.98. The van der Waals surface area contributed by atoms with Crippen LogP contribution in [0.1, 0.15) is 29.6 Å². The number of nitrogens with one attached hydrogen (secondary N) is 1. The van der Waals surface area contributed by atoms with E-state index >= 15 is 0 Å². The number of hydrogen-bond acceptors (Lipinski definition) is 4. The standard InChI is InChI=1S/C14H19NO4/c1-19-10-5-6-11(14(17)18)13(7-10)15-12-4-2-3-9(12)8-16/h5-7,9,12,15-16H,2-4,8H2,1H3,(H,17,18). The maximum absolute atomic E-state index is 11.2. The van der Waals surface area contributed by atoms with Crippen molar-refractivity contribution in [2.75, 3.05) is 19.0 Å². The molecule has 0 aromatic heterocycles. The van der Waals surface area contributed by atoms with Gasteiger partial charge in [0.15, 0.2) is 0 Å². The monoisotopic (exact) mass is 265 g/mol. The fourth-order valence-corrected chi connectivity index (χ4v) is 2.60. The molecule has 0 aliphatic heterocycles. The summed E-state index contributed by atoms with van der Waals surface area (Å²) >= 11 is 0. The van der Waals surface area contributed by atoms with Crippen molar-refractivity contribution in [3.05, 3.63) is 23.8 Å². The van der Waals surface area contributed by atoms with Crippen molar-refractivity contribution in [2.45, 2.75) is 25.3 Å². The van der Waals surface area contributed by atoms with Gasteiger partial charge in [-0.1, -0.05) is 6.42 Å². The van der Waals surface area contributed by atoms with Crippen molar-refractivity contribution in [3.8, 4) is 5.75 Å². The first kappa shape index (κ1) is 13.7. The molecule has 1 aliphatic rings. The third-order valence-corrected chi connectivity index (χ3v) is 3.69. The Bertz CT molecular complexity index is 461. The first-order chi connectivity index (χ1) is 9.15. The predicted octanol–water partition coefficient (Wildman–Crippen LogP) is 1.97. The van der Waals surface area contributed by atoms with Gasteiger partial charge in [0.25, 0.3) is 0 Å². The van der Waals surface area contributed by atoms with Gasteiger partial charge >= 0.3 is 5.97 Å². The smallest absolute Gasteiger partial charge is 0.337 e. The van der Waals surface area contributed by atoms with Gasteiger partial charge in [0, 0.05) is 24.6 Å². The highest BCUT2D eigenvalue weighted by atomic mass is 16.5. The molecule has 2 unspecified atom stereocenters. The van der Waals surface area contributed by atoms with Gasteiger partial charge in [-0.3, -0.25) is 0 Å². The summed E-state index contributed by atoms with van der Waals surface area (Å²) < 4.78 is 5.12. The summed E-state index contributed by atoms with van der Waals surface area (Å²) in [5.74, 6) is -0.164. The second kappa shape index (κ2) is 5.93. The van der Waals surface area contributed by atoms with Crippen LogP contribution in [-0.4, -0.2) is 35.9 Å². The minimum atomic E-state index is -0.969. The summed E-state index contributed by atoms with van der Waals surface area (Å²) in [5, 5.41) is 21.8. The van der Waals surface area contributed by atoms with Crippen molar-refractivity contribution < 1.29 is 19.7 Å². The maximum Gasteiger partial charge on any atom is 0.337 e. The zero-order chi connectivity index (χ0) is 13.8. The van der Waals surface area contributed by atoms with E-state index in [0.29, 0.717) is 11.4 Å². The molecule has 19 heavy (non-hydrogen) atoms. The van der Waals surface area contributed by atoms with Crippen molar-refractivity contribution in [2.24, 2.45) is 5.92 Å². The highest BCUT2D eigenvalue weighted by molar-refractivity contribution is 5.94. The number of carboxylic acids is 1. The Morgan fingerprint density at radius 3 is 2.89 bits per heavy atom. The van der Waals surface area contributed by atoms with Crippen LogP contribution in [-0.2, 0) is 0 Å². The average Bonchev–Trinajstić information content (AvgIpc) is 2.85. The molecule has 0 heterocycles. The molecule has 1 aromatic rings. The van der Waals surface area contributed by atoms with E-state index in [9.17, 15) is 15.0 Å². The van der Waals surface area contributed by atoms with Crippen molar-refractivity contribution in [1.29, 1.82) is 0 Å². The van der Waals surface area contributed by atoms with E-state index in [0.717, 1.165) is 19.3 Å². The molecule has 1 aromatic carbocycles. The minimum absolute atomic E-state index is 0.121. The molecule has 2 atom stereocenters. The van der Waals surface area contributed by atoms with Crippen molar-refractivity contribution in [3.63, 3.8) is 0 Å². The van der Waals surface area contributed by atoms with Gasteiger partial charge in [-0.25, -0.2) is 4.79 Å². The lowest BCUT2D eigenvalue weighted by atomic mass is 10.0. The van der Waals surface area contributed by atoms with E-state index < -0.39 is 5.97 Å². The molecule has 0 amide bonds. The quantitative estimate of drug-likeness (QED) is 0.758. The van der Waals surface area contributed by atoms with Crippen molar-refractivity contribution >= 4 is 11.7 Å². The van der Waals surface area contributed by atoms with Gasteiger partial charge in [0.05, 0.1) is 18.4 Å². The lowest BCUT2D eigenvalue weighted by molar-refractivity contribution is 0.0698. The third-order valence-electron chi connectivity index (χ3n) is 3.69. The van der Waals surface area contributed by atoms with Gasteiger partial charge in [0.2, 0.25) is 0 Å². The molecule has 1 aliphatic carbocycles. The van der Waals surface area contributed by atoms with E-state index in [1.165, 1.54) is 6.07 Å². The number of benzene rings is 1. The molecule has 0 saturated heterocycles. The molecular formula is C14H19NO4. The number of rotatable bonds is 5. The predicted molar refractivity (Wildman–Crippen MR) is 71.8 cm³/mol. The van der Waals surface area contributed by atoms with Crippen LogP contribution < -0.4 is 10.1 Å². The number of hydrogen-bond donors (Lipinski definition) is 3.